The van der Waals surface area contributed by atoms with Gasteiger partial charge in [0.2, 0.25) is 0 Å². The van der Waals surface area contributed by atoms with Crippen LogP contribution in [0.4, 0.5) is 0 Å². The second kappa shape index (κ2) is 4.96. The van der Waals surface area contributed by atoms with Crippen LogP contribution in [0.5, 0.6) is 0 Å². The lowest BCUT2D eigenvalue weighted by Gasteiger charge is -2.12. The molecule has 0 bridgehead atoms. The summed E-state index contributed by atoms with van der Waals surface area (Å²) in [6.07, 6.45) is 0.955. The lowest BCUT2D eigenvalue weighted by Crippen LogP contribution is -2.31. The van der Waals surface area contributed by atoms with Crippen molar-refractivity contribution < 1.29 is 4.79 Å². The third-order valence-electron chi connectivity index (χ3n) is 2.47. The number of carbonyl (C=O) groups is 1. The number of hydrogen-bond donors (Lipinski definition) is 1. The van der Waals surface area contributed by atoms with Gasteiger partial charge in [-0.05, 0) is 39.3 Å². The van der Waals surface area contributed by atoms with Crippen LogP contribution in [0.2, 0.25) is 0 Å². The van der Waals surface area contributed by atoms with Crippen LogP contribution in [0.3, 0.4) is 0 Å². The van der Waals surface area contributed by atoms with Crippen LogP contribution in [0.15, 0.2) is 18.2 Å². The van der Waals surface area contributed by atoms with E-state index in [0.29, 0.717) is 0 Å². The van der Waals surface area contributed by atoms with E-state index in [2.05, 4.69) is 18.3 Å². The zero-order valence-electron chi connectivity index (χ0n) is 9.92. The van der Waals surface area contributed by atoms with Crippen molar-refractivity contribution in [3.63, 3.8) is 0 Å². The molecule has 1 amide bonds. The molecule has 2 heteroatoms. The van der Waals surface area contributed by atoms with Crippen LogP contribution in [-0.2, 0) is 0 Å². The Morgan fingerprint density at radius 1 is 1.27 bits per heavy atom. The maximum absolute atomic E-state index is 11.8. The molecular weight excluding hydrogens is 186 g/mol. The highest BCUT2D eigenvalue weighted by atomic mass is 16.1. The molecule has 1 aromatic carbocycles. The number of rotatable bonds is 3. The van der Waals surface area contributed by atoms with Crippen molar-refractivity contribution in [2.45, 2.75) is 40.2 Å². The fourth-order valence-electron chi connectivity index (χ4n) is 1.51. The zero-order valence-corrected chi connectivity index (χ0v) is 9.92. The fraction of sp³-hybridized carbons (Fsp3) is 0.462. The largest absolute Gasteiger partial charge is 0.350 e. The molecule has 0 saturated heterocycles. The molecule has 15 heavy (non-hydrogen) atoms. The van der Waals surface area contributed by atoms with Crippen LogP contribution >= 0.6 is 0 Å². The number of carbonyl (C=O) groups excluding carboxylic acids is 1. The Bertz CT molecular complexity index is 337. The van der Waals surface area contributed by atoms with Gasteiger partial charge in [0.1, 0.15) is 0 Å². The van der Waals surface area contributed by atoms with Crippen molar-refractivity contribution in [2.75, 3.05) is 0 Å². The minimum atomic E-state index is 0.0242. The smallest absolute Gasteiger partial charge is 0.251 e. The molecule has 1 rings (SSSR count). The molecule has 0 aliphatic carbocycles. The van der Waals surface area contributed by atoms with E-state index in [-0.39, 0.29) is 11.9 Å². The summed E-state index contributed by atoms with van der Waals surface area (Å²) in [6.45, 7) is 8.09. The molecule has 0 saturated carbocycles. The molecule has 82 valence electrons. The van der Waals surface area contributed by atoms with E-state index in [9.17, 15) is 4.79 Å². The molecular formula is C13H19NO. The van der Waals surface area contributed by atoms with Crippen molar-refractivity contribution in [3.8, 4) is 0 Å². The van der Waals surface area contributed by atoms with Crippen molar-refractivity contribution in [1.29, 1.82) is 0 Å². The third-order valence-corrected chi connectivity index (χ3v) is 2.47. The SMILES string of the molecule is CCC(C)NC(=O)c1cc(C)cc(C)c1. The minimum absolute atomic E-state index is 0.0242. The van der Waals surface area contributed by atoms with Crippen LogP contribution in [0.1, 0.15) is 41.8 Å². The van der Waals surface area contributed by atoms with Gasteiger partial charge in [-0.3, -0.25) is 4.79 Å². The summed E-state index contributed by atoms with van der Waals surface area (Å²) < 4.78 is 0. The second-order valence-electron chi connectivity index (χ2n) is 4.16. The van der Waals surface area contributed by atoms with Gasteiger partial charge in [-0.25, -0.2) is 0 Å². The first-order chi connectivity index (χ1) is 7.02. The molecule has 1 aromatic rings. The molecule has 0 radical (unpaired) electrons. The van der Waals surface area contributed by atoms with Crippen LogP contribution in [-0.4, -0.2) is 11.9 Å². The quantitative estimate of drug-likeness (QED) is 0.807. The van der Waals surface area contributed by atoms with E-state index in [4.69, 9.17) is 0 Å². The first-order valence-electron chi connectivity index (χ1n) is 5.42. The number of nitrogens with one attached hydrogen (secondary N) is 1. The molecule has 0 aliphatic heterocycles. The summed E-state index contributed by atoms with van der Waals surface area (Å²) in [6, 6.07) is 6.15. The Kier molecular flexibility index (Phi) is 3.89. The predicted octanol–water partition coefficient (Wildman–Crippen LogP) is 2.83. The maximum Gasteiger partial charge on any atom is 0.251 e. The molecule has 0 fully saturated rings. The molecule has 1 atom stereocenters. The van der Waals surface area contributed by atoms with E-state index in [1.54, 1.807) is 0 Å². The summed E-state index contributed by atoms with van der Waals surface area (Å²) in [7, 11) is 0. The number of benzene rings is 1. The van der Waals surface area contributed by atoms with E-state index < -0.39 is 0 Å². The van der Waals surface area contributed by atoms with Crippen LogP contribution in [0, 0.1) is 13.8 Å². The first-order valence-corrected chi connectivity index (χ1v) is 5.42. The topological polar surface area (TPSA) is 29.1 Å². The normalized spacial score (nSPS) is 12.3. The standard InChI is InChI=1S/C13H19NO/c1-5-11(4)14-13(15)12-7-9(2)6-10(3)8-12/h6-8,11H,5H2,1-4H3,(H,14,15). The van der Waals surface area contributed by atoms with Gasteiger partial charge >= 0.3 is 0 Å². The van der Waals surface area contributed by atoms with Crippen molar-refractivity contribution in [1.82, 2.24) is 5.32 Å². The third kappa shape index (κ3) is 3.39. The Morgan fingerprint density at radius 3 is 2.27 bits per heavy atom. The highest BCUT2D eigenvalue weighted by molar-refractivity contribution is 5.94. The van der Waals surface area contributed by atoms with Gasteiger partial charge in [0.15, 0.2) is 0 Å². The molecule has 1 N–H and O–H groups in total. The van der Waals surface area contributed by atoms with E-state index in [1.807, 2.05) is 32.9 Å². The van der Waals surface area contributed by atoms with E-state index >= 15 is 0 Å². The van der Waals surface area contributed by atoms with Gasteiger partial charge in [0, 0.05) is 11.6 Å². The average Bonchev–Trinajstić information content (AvgIpc) is 2.16. The predicted molar refractivity (Wildman–Crippen MR) is 63.1 cm³/mol. The summed E-state index contributed by atoms with van der Waals surface area (Å²) in [5.41, 5.74) is 3.02. The van der Waals surface area contributed by atoms with Gasteiger partial charge < -0.3 is 5.32 Å². The monoisotopic (exact) mass is 205 g/mol. The summed E-state index contributed by atoms with van der Waals surface area (Å²) in [4.78, 5) is 11.8. The molecule has 0 aliphatic rings. The lowest BCUT2D eigenvalue weighted by atomic mass is 10.1. The Labute approximate surface area is 91.7 Å². The van der Waals surface area contributed by atoms with Crippen molar-refractivity contribution in [2.24, 2.45) is 0 Å². The molecule has 0 heterocycles. The van der Waals surface area contributed by atoms with Crippen molar-refractivity contribution >= 4 is 5.91 Å². The van der Waals surface area contributed by atoms with E-state index in [0.717, 1.165) is 23.1 Å². The Balaban J connectivity index is 2.82. The number of hydrogen-bond acceptors (Lipinski definition) is 1. The molecule has 0 aromatic heterocycles. The molecule has 0 spiro atoms. The fourth-order valence-corrected chi connectivity index (χ4v) is 1.51. The number of amides is 1. The van der Waals surface area contributed by atoms with E-state index in [1.165, 1.54) is 0 Å². The number of aryl methyl sites for hydroxylation is 2. The Morgan fingerprint density at radius 2 is 1.80 bits per heavy atom. The molecule has 2 nitrogen and oxygen atoms in total. The summed E-state index contributed by atoms with van der Waals surface area (Å²) in [5, 5.41) is 2.96. The highest BCUT2D eigenvalue weighted by Gasteiger charge is 2.08. The van der Waals surface area contributed by atoms with Gasteiger partial charge in [0.25, 0.3) is 5.91 Å². The minimum Gasteiger partial charge on any atom is -0.350 e. The maximum atomic E-state index is 11.8. The van der Waals surface area contributed by atoms with Gasteiger partial charge in [0.05, 0.1) is 0 Å². The van der Waals surface area contributed by atoms with Gasteiger partial charge in [-0.2, -0.15) is 0 Å². The summed E-state index contributed by atoms with van der Waals surface area (Å²) >= 11 is 0. The first kappa shape index (κ1) is 11.8. The van der Waals surface area contributed by atoms with Gasteiger partial charge in [-0.1, -0.05) is 24.1 Å². The lowest BCUT2D eigenvalue weighted by molar-refractivity contribution is 0.0939. The Hall–Kier alpha value is -1.31. The van der Waals surface area contributed by atoms with Crippen molar-refractivity contribution in [3.05, 3.63) is 34.9 Å². The molecule has 1 unspecified atom stereocenters. The average molecular weight is 205 g/mol. The van der Waals surface area contributed by atoms with Crippen LogP contribution in [0.25, 0.3) is 0 Å². The highest BCUT2D eigenvalue weighted by Crippen LogP contribution is 2.09. The van der Waals surface area contributed by atoms with Crippen LogP contribution < -0.4 is 5.32 Å². The van der Waals surface area contributed by atoms with Gasteiger partial charge in [-0.15, -0.1) is 0 Å². The second-order valence-corrected chi connectivity index (χ2v) is 4.16. The zero-order chi connectivity index (χ0) is 11.4. The summed E-state index contributed by atoms with van der Waals surface area (Å²) in [5.74, 6) is 0.0242.